The van der Waals surface area contributed by atoms with E-state index in [-0.39, 0.29) is 17.6 Å². The van der Waals surface area contributed by atoms with Crippen molar-refractivity contribution in [3.63, 3.8) is 0 Å². The zero-order valence-corrected chi connectivity index (χ0v) is 20.2. The summed E-state index contributed by atoms with van der Waals surface area (Å²) in [5.41, 5.74) is 3.18. The number of carboxylic acid groups (broad SMARTS) is 1. The fourth-order valence-corrected chi connectivity index (χ4v) is 5.22. The number of carbonyl (C=O) groups is 1. The minimum Gasteiger partial charge on any atom is -0.478 e. The van der Waals surface area contributed by atoms with Gasteiger partial charge in [-0.25, -0.2) is 4.79 Å². The van der Waals surface area contributed by atoms with Gasteiger partial charge in [-0.2, -0.15) is 0 Å². The molecular weight excluding hydrogens is 462 g/mol. The Morgan fingerprint density at radius 1 is 1.09 bits per heavy atom. The molecule has 0 radical (unpaired) electrons. The number of nitrogens with one attached hydrogen (secondary N) is 1. The van der Waals surface area contributed by atoms with Gasteiger partial charge in [0.25, 0.3) is 0 Å². The Morgan fingerprint density at radius 2 is 1.89 bits per heavy atom. The minimum absolute atomic E-state index is 0.0590. The Bertz CT molecular complexity index is 1160. The summed E-state index contributed by atoms with van der Waals surface area (Å²) in [6, 6.07) is 16.9. The number of thiocarbonyl (C=S) groups is 1. The summed E-state index contributed by atoms with van der Waals surface area (Å²) >= 11 is 5.82. The maximum Gasteiger partial charge on any atom is 0.335 e. The summed E-state index contributed by atoms with van der Waals surface area (Å²) in [5.74, 6) is -0.934. The Hall–Kier alpha value is -3.27. The second-order valence-corrected chi connectivity index (χ2v) is 9.17. The van der Waals surface area contributed by atoms with Gasteiger partial charge in [-0.3, -0.25) is 9.88 Å². The van der Waals surface area contributed by atoms with Crippen LogP contribution >= 0.6 is 12.2 Å². The van der Waals surface area contributed by atoms with Gasteiger partial charge in [-0.1, -0.05) is 6.07 Å². The Morgan fingerprint density at radius 3 is 2.60 bits per heavy atom. The molecule has 3 aromatic rings. The molecule has 0 aliphatic carbocycles. The van der Waals surface area contributed by atoms with Crippen LogP contribution in [0.3, 0.4) is 0 Å². The number of pyridine rings is 1. The van der Waals surface area contributed by atoms with Gasteiger partial charge in [0.05, 0.1) is 36.6 Å². The highest BCUT2D eigenvalue weighted by Gasteiger charge is 2.41. The number of aromatic carboxylic acids is 1. The third-order valence-electron chi connectivity index (χ3n) is 6.65. The number of morpholine rings is 1. The van der Waals surface area contributed by atoms with Crippen LogP contribution in [0.2, 0.25) is 0 Å². The van der Waals surface area contributed by atoms with Gasteiger partial charge in [-0.05, 0) is 67.2 Å². The van der Waals surface area contributed by atoms with Crippen molar-refractivity contribution < 1.29 is 14.6 Å². The molecule has 2 saturated heterocycles. The average molecular weight is 492 g/mol. The lowest BCUT2D eigenvalue weighted by molar-refractivity contribution is 0.0365. The van der Waals surface area contributed by atoms with Gasteiger partial charge in [0.2, 0.25) is 0 Å². The normalized spacial score (nSPS) is 20.7. The second kappa shape index (κ2) is 10.6. The van der Waals surface area contributed by atoms with Crippen molar-refractivity contribution >= 4 is 23.3 Å². The van der Waals surface area contributed by atoms with Crippen LogP contribution in [-0.4, -0.2) is 74.9 Å². The van der Waals surface area contributed by atoms with Gasteiger partial charge < -0.3 is 24.6 Å². The van der Waals surface area contributed by atoms with Crippen molar-refractivity contribution in [1.82, 2.24) is 24.7 Å². The maximum absolute atomic E-state index is 11.3. The zero-order valence-electron chi connectivity index (χ0n) is 19.4. The lowest BCUT2D eigenvalue weighted by atomic mass is 10.0. The first-order chi connectivity index (χ1) is 17.1. The quantitative estimate of drug-likeness (QED) is 0.465. The number of rotatable bonds is 8. The first-order valence-electron chi connectivity index (χ1n) is 11.9. The maximum atomic E-state index is 11.3. The molecule has 1 aromatic carbocycles. The van der Waals surface area contributed by atoms with Crippen LogP contribution in [0.5, 0.6) is 0 Å². The SMILES string of the molecule is O=C(O)c1ccc(-n2cccc2[C@@H]2[C@@H](c3ccccn3)NC(=S)N2CCCN2CCOCC2)cc1. The van der Waals surface area contributed by atoms with E-state index in [0.29, 0.717) is 0 Å². The van der Waals surface area contributed by atoms with E-state index in [1.807, 2.05) is 48.8 Å². The largest absolute Gasteiger partial charge is 0.478 e. The third kappa shape index (κ3) is 5.07. The van der Waals surface area contributed by atoms with Gasteiger partial charge in [0, 0.05) is 50.0 Å². The van der Waals surface area contributed by atoms with Crippen LogP contribution in [0.4, 0.5) is 0 Å². The van der Waals surface area contributed by atoms with Crippen LogP contribution < -0.4 is 5.32 Å². The molecule has 0 amide bonds. The van der Waals surface area contributed by atoms with E-state index in [2.05, 4.69) is 30.7 Å². The number of hydrogen-bond acceptors (Lipinski definition) is 5. The molecule has 182 valence electrons. The number of aromatic nitrogens is 2. The number of carboxylic acids is 1. The predicted octanol–water partition coefficient (Wildman–Crippen LogP) is 3.27. The molecule has 2 aliphatic rings. The number of ether oxygens (including phenoxy) is 1. The molecule has 5 rings (SSSR count). The fraction of sp³-hybridized carbons (Fsp3) is 0.346. The van der Waals surface area contributed by atoms with Crippen LogP contribution in [0.25, 0.3) is 5.69 Å². The zero-order chi connectivity index (χ0) is 24.2. The lowest BCUT2D eigenvalue weighted by Gasteiger charge is -2.31. The Labute approximate surface area is 210 Å². The number of hydrogen-bond donors (Lipinski definition) is 2. The molecule has 0 spiro atoms. The highest BCUT2D eigenvalue weighted by molar-refractivity contribution is 7.80. The van der Waals surface area contributed by atoms with Crippen molar-refractivity contribution in [2.75, 3.05) is 39.4 Å². The smallest absolute Gasteiger partial charge is 0.335 e. The van der Waals surface area contributed by atoms with Crippen LogP contribution in [0.1, 0.15) is 40.3 Å². The first-order valence-corrected chi connectivity index (χ1v) is 12.3. The summed E-state index contributed by atoms with van der Waals surface area (Å²) < 4.78 is 7.58. The van der Waals surface area contributed by atoms with Crippen molar-refractivity contribution in [3.8, 4) is 5.69 Å². The van der Waals surface area contributed by atoms with E-state index in [1.165, 1.54) is 0 Å². The van der Waals surface area contributed by atoms with E-state index in [0.717, 1.165) is 68.0 Å². The highest BCUT2D eigenvalue weighted by atomic mass is 32.1. The fourth-order valence-electron chi connectivity index (χ4n) is 4.89. The van der Waals surface area contributed by atoms with Crippen molar-refractivity contribution in [2.45, 2.75) is 18.5 Å². The Balaban J connectivity index is 1.44. The van der Waals surface area contributed by atoms with E-state index in [4.69, 9.17) is 17.0 Å². The van der Waals surface area contributed by atoms with E-state index in [1.54, 1.807) is 12.1 Å². The third-order valence-corrected chi connectivity index (χ3v) is 7.00. The minimum atomic E-state index is -0.934. The molecule has 35 heavy (non-hydrogen) atoms. The summed E-state index contributed by atoms with van der Waals surface area (Å²) in [6.45, 7) is 5.35. The molecule has 4 heterocycles. The Kier molecular flexibility index (Phi) is 7.08. The molecule has 8 nitrogen and oxygen atoms in total. The van der Waals surface area contributed by atoms with Crippen molar-refractivity contribution in [1.29, 1.82) is 0 Å². The van der Waals surface area contributed by atoms with Crippen LogP contribution in [0, 0.1) is 0 Å². The van der Waals surface area contributed by atoms with E-state index in [9.17, 15) is 9.90 Å². The highest BCUT2D eigenvalue weighted by Crippen LogP contribution is 2.39. The van der Waals surface area contributed by atoms with Gasteiger partial charge in [0.15, 0.2) is 5.11 Å². The first kappa shape index (κ1) is 23.5. The van der Waals surface area contributed by atoms with E-state index >= 15 is 0 Å². The molecule has 2 aromatic heterocycles. The summed E-state index contributed by atoms with van der Waals surface area (Å²) in [5, 5.41) is 13.5. The van der Waals surface area contributed by atoms with Crippen LogP contribution in [-0.2, 0) is 4.74 Å². The molecule has 0 bridgehead atoms. The standard InChI is InChI=1S/C26H29N5O3S/c32-25(33)19-7-9-20(10-8-19)30-13-3-6-22(30)24-23(21-5-1-2-11-27-21)28-26(35)31(24)14-4-12-29-15-17-34-18-16-29/h1-3,5-11,13,23-24H,4,12,14-18H2,(H,28,35)(H,32,33)/t23-,24-/m1/s1. The molecule has 0 unspecified atom stereocenters. The molecule has 2 fully saturated rings. The van der Waals surface area contributed by atoms with E-state index < -0.39 is 5.97 Å². The average Bonchev–Trinajstić information content (AvgIpc) is 3.50. The number of benzene rings is 1. The summed E-state index contributed by atoms with van der Waals surface area (Å²) in [4.78, 5) is 20.7. The van der Waals surface area contributed by atoms with Crippen molar-refractivity contribution in [3.05, 3.63) is 83.9 Å². The molecule has 9 heteroatoms. The lowest BCUT2D eigenvalue weighted by Crippen LogP contribution is -2.39. The molecule has 2 aliphatic heterocycles. The molecule has 2 N–H and O–H groups in total. The summed E-state index contributed by atoms with van der Waals surface area (Å²) in [7, 11) is 0. The second-order valence-electron chi connectivity index (χ2n) is 8.78. The predicted molar refractivity (Wildman–Crippen MR) is 137 cm³/mol. The number of nitrogens with zero attached hydrogens (tertiary/aromatic N) is 4. The van der Waals surface area contributed by atoms with Crippen LogP contribution in [0.15, 0.2) is 67.0 Å². The van der Waals surface area contributed by atoms with Crippen molar-refractivity contribution in [2.24, 2.45) is 0 Å². The monoisotopic (exact) mass is 491 g/mol. The van der Waals surface area contributed by atoms with Gasteiger partial charge in [0.1, 0.15) is 0 Å². The topological polar surface area (TPSA) is 82.9 Å². The summed E-state index contributed by atoms with van der Waals surface area (Å²) in [6.07, 6.45) is 4.80. The molecular formula is C26H29N5O3S. The molecule has 2 atom stereocenters. The van der Waals surface area contributed by atoms with Gasteiger partial charge >= 0.3 is 5.97 Å². The van der Waals surface area contributed by atoms with Gasteiger partial charge in [-0.15, -0.1) is 0 Å². The molecule has 0 saturated carbocycles.